The Morgan fingerprint density at radius 3 is 2.10 bits per heavy atom. The van der Waals surface area contributed by atoms with Crippen LogP contribution >= 0.6 is 11.6 Å². The maximum Gasteiger partial charge on any atom is 0.134 e. The SMILES string of the molecule is CCc1cc(F)c(-c2ccc3c(F)c(CCc4ccc(Cl)cc4)ccc3c2)c(F)c1. The largest absolute Gasteiger partial charge is 0.206 e. The zero-order valence-electron chi connectivity index (χ0n) is 16.5. The van der Waals surface area contributed by atoms with Gasteiger partial charge in [-0.2, -0.15) is 0 Å². The van der Waals surface area contributed by atoms with Gasteiger partial charge in [-0.3, -0.25) is 0 Å². The van der Waals surface area contributed by atoms with E-state index in [4.69, 9.17) is 11.6 Å². The first-order chi connectivity index (χ1) is 14.5. The van der Waals surface area contributed by atoms with Crippen LogP contribution in [0.25, 0.3) is 21.9 Å². The molecule has 0 saturated heterocycles. The molecule has 0 atom stereocenters. The summed E-state index contributed by atoms with van der Waals surface area (Å²) in [6.07, 6.45) is 1.79. The van der Waals surface area contributed by atoms with Gasteiger partial charge in [0.05, 0.1) is 5.56 Å². The molecule has 0 fully saturated rings. The van der Waals surface area contributed by atoms with E-state index in [1.165, 1.54) is 12.1 Å². The quantitative estimate of drug-likeness (QED) is 0.305. The number of aryl methyl sites for hydroxylation is 3. The van der Waals surface area contributed by atoms with Crippen molar-refractivity contribution in [3.05, 3.63) is 106 Å². The van der Waals surface area contributed by atoms with E-state index in [-0.39, 0.29) is 11.4 Å². The summed E-state index contributed by atoms with van der Waals surface area (Å²) < 4.78 is 44.0. The van der Waals surface area contributed by atoms with Gasteiger partial charge in [0.1, 0.15) is 17.5 Å². The van der Waals surface area contributed by atoms with Gasteiger partial charge in [0.15, 0.2) is 0 Å². The lowest BCUT2D eigenvalue weighted by atomic mass is 9.96. The molecule has 0 bridgehead atoms. The van der Waals surface area contributed by atoms with Crippen LogP contribution in [0.3, 0.4) is 0 Å². The van der Waals surface area contributed by atoms with Crippen molar-refractivity contribution in [2.24, 2.45) is 0 Å². The maximum atomic E-state index is 15.1. The van der Waals surface area contributed by atoms with Crippen LogP contribution in [-0.4, -0.2) is 0 Å². The zero-order chi connectivity index (χ0) is 21.3. The molecule has 152 valence electrons. The Balaban J connectivity index is 1.65. The molecule has 0 spiro atoms. The number of hydrogen-bond acceptors (Lipinski definition) is 0. The Kier molecular flexibility index (Phi) is 5.83. The predicted molar refractivity (Wildman–Crippen MR) is 117 cm³/mol. The highest BCUT2D eigenvalue weighted by molar-refractivity contribution is 6.30. The van der Waals surface area contributed by atoms with Crippen LogP contribution in [0.5, 0.6) is 0 Å². The minimum Gasteiger partial charge on any atom is -0.206 e. The molecule has 0 N–H and O–H groups in total. The Morgan fingerprint density at radius 2 is 1.43 bits per heavy atom. The highest BCUT2D eigenvalue weighted by Crippen LogP contribution is 2.32. The van der Waals surface area contributed by atoms with E-state index in [0.717, 1.165) is 5.56 Å². The second-order valence-corrected chi connectivity index (χ2v) is 7.83. The van der Waals surface area contributed by atoms with Gasteiger partial charge in [-0.15, -0.1) is 0 Å². The van der Waals surface area contributed by atoms with Crippen molar-refractivity contribution in [3.8, 4) is 11.1 Å². The fraction of sp³-hybridized carbons (Fsp3) is 0.154. The topological polar surface area (TPSA) is 0 Å². The highest BCUT2D eigenvalue weighted by atomic mass is 35.5. The van der Waals surface area contributed by atoms with E-state index < -0.39 is 11.6 Å². The molecule has 0 aromatic heterocycles. The van der Waals surface area contributed by atoms with Crippen molar-refractivity contribution in [2.45, 2.75) is 26.2 Å². The average molecular weight is 425 g/mol. The normalized spacial score (nSPS) is 11.2. The first-order valence-electron chi connectivity index (χ1n) is 9.90. The van der Waals surface area contributed by atoms with Crippen LogP contribution < -0.4 is 0 Å². The fourth-order valence-corrected chi connectivity index (χ4v) is 3.85. The second kappa shape index (κ2) is 8.53. The van der Waals surface area contributed by atoms with E-state index in [9.17, 15) is 8.78 Å². The first kappa shape index (κ1) is 20.5. The van der Waals surface area contributed by atoms with Crippen molar-refractivity contribution < 1.29 is 13.2 Å². The van der Waals surface area contributed by atoms with Crippen molar-refractivity contribution in [1.82, 2.24) is 0 Å². The van der Waals surface area contributed by atoms with Crippen LogP contribution in [-0.2, 0) is 19.3 Å². The van der Waals surface area contributed by atoms with Crippen molar-refractivity contribution in [3.63, 3.8) is 0 Å². The van der Waals surface area contributed by atoms with Crippen molar-refractivity contribution in [2.75, 3.05) is 0 Å². The summed E-state index contributed by atoms with van der Waals surface area (Å²) >= 11 is 5.90. The third-order valence-corrected chi connectivity index (χ3v) is 5.68. The van der Waals surface area contributed by atoms with Gasteiger partial charge in [0.25, 0.3) is 0 Å². The number of fused-ring (bicyclic) bond motifs is 1. The van der Waals surface area contributed by atoms with Crippen molar-refractivity contribution in [1.29, 1.82) is 0 Å². The van der Waals surface area contributed by atoms with Gasteiger partial charge < -0.3 is 0 Å². The molecule has 4 aromatic carbocycles. The molecule has 0 heterocycles. The van der Waals surface area contributed by atoms with Crippen LogP contribution in [0.4, 0.5) is 13.2 Å². The van der Waals surface area contributed by atoms with Gasteiger partial charge in [0.2, 0.25) is 0 Å². The van der Waals surface area contributed by atoms with Crippen LogP contribution in [0.1, 0.15) is 23.6 Å². The summed E-state index contributed by atoms with van der Waals surface area (Å²) in [5, 5.41) is 1.72. The minimum absolute atomic E-state index is 0.0821. The first-order valence-corrected chi connectivity index (χ1v) is 10.3. The Labute approximate surface area is 178 Å². The third-order valence-electron chi connectivity index (χ3n) is 5.43. The van der Waals surface area contributed by atoms with Crippen molar-refractivity contribution >= 4 is 22.4 Å². The molecular formula is C26H20ClF3. The molecule has 30 heavy (non-hydrogen) atoms. The Bertz CT molecular complexity index is 1190. The number of rotatable bonds is 5. The summed E-state index contributed by atoms with van der Waals surface area (Å²) in [5.74, 6) is -1.51. The predicted octanol–water partition coefficient (Wildman–Crippen LogP) is 7.93. The summed E-state index contributed by atoms with van der Waals surface area (Å²) in [5.41, 5.74) is 2.60. The standard InChI is InChI=1S/C26H20ClF3/c1-2-16-13-23(28)25(24(29)14-16)20-9-12-22-19(15-20)8-7-18(26(22)30)6-3-17-4-10-21(27)11-5-17/h4-5,7-15H,2-3,6H2,1H3. The lowest BCUT2D eigenvalue weighted by Gasteiger charge is -2.11. The molecule has 0 aliphatic carbocycles. The molecule has 0 aliphatic rings. The molecule has 0 amide bonds. The fourth-order valence-electron chi connectivity index (χ4n) is 3.72. The number of halogens is 4. The van der Waals surface area contributed by atoms with E-state index >= 15 is 4.39 Å². The molecule has 4 rings (SSSR count). The zero-order valence-corrected chi connectivity index (χ0v) is 17.2. The summed E-state index contributed by atoms with van der Waals surface area (Å²) in [4.78, 5) is 0. The van der Waals surface area contributed by atoms with Gasteiger partial charge >= 0.3 is 0 Å². The van der Waals surface area contributed by atoms with E-state index in [0.29, 0.717) is 51.7 Å². The number of benzene rings is 4. The van der Waals surface area contributed by atoms with Gasteiger partial charge in [-0.25, -0.2) is 13.2 Å². The summed E-state index contributed by atoms with van der Waals surface area (Å²) in [6.45, 7) is 1.84. The molecule has 0 radical (unpaired) electrons. The lowest BCUT2D eigenvalue weighted by molar-refractivity contribution is 0.586. The van der Waals surface area contributed by atoms with Crippen LogP contribution in [0.2, 0.25) is 5.02 Å². The van der Waals surface area contributed by atoms with Gasteiger partial charge in [0, 0.05) is 10.4 Å². The van der Waals surface area contributed by atoms with Gasteiger partial charge in [-0.05, 0) is 77.2 Å². The lowest BCUT2D eigenvalue weighted by Crippen LogP contribution is -1.97. The second-order valence-electron chi connectivity index (χ2n) is 7.39. The van der Waals surface area contributed by atoms with E-state index in [2.05, 4.69) is 0 Å². The monoisotopic (exact) mass is 424 g/mol. The highest BCUT2D eigenvalue weighted by Gasteiger charge is 2.15. The smallest absolute Gasteiger partial charge is 0.134 e. The minimum atomic E-state index is -0.605. The molecule has 0 saturated carbocycles. The molecule has 0 nitrogen and oxygen atoms in total. The van der Waals surface area contributed by atoms with E-state index in [1.54, 1.807) is 30.3 Å². The Hall–Kier alpha value is -2.78. The average Bonchev–Trinajstić information content (AvgIpc) is 2.74. The number of hydrogen-bond donors (Lipinski definition) is 0. The molecule has 0 aliphatic heterocycles. The third kappa shape index (κ3) is 4.08. The molecule has 0 unspecified atom stereocenters. The summed E-state index contributed by atoms with van der Waals surface area (Å²) in [6, 6.07) is 18.5. The maximum absolute atomic E-state index is 15.1. The molecule has 4 heteroatoms. The van der Waals surface area contributed by atoms with Gasteiger partial charge in [-0.1, -0.05) is 54.9 Å². The molecule has 4 aromatic rings. The Morgan fingerprint density at radius 1 is 0.733 bits per heavy atom. The molecular weight excluding hydrogens is 405 g/mol. The van der Waals surface area contributed by atoms with Crippen LogP contribution in [0.15, 0.2) is 66.7 Å². The van der Waals surface area contributed by atoms with Crippen LogP contribution in [0, 0.1) is 17.5 Å². The summed E-state index contributed by atoms with van der Waals surface area (Å²) in [7, 11) is 0. The van der Waals surface area contributed by atoms with E-state index in [1.807, 2.05) is 31.2 Å².